The quantitative estimate of drug-likeness (QED) is 0.530. The predicted octanol–water partition coefficient (Wildman–Crippen LogP) is 3.04. The summed E-state index contributed by atoms with van der Waals surface area (Å²) in [7, 11) is 0. The molecule has 1 unspecified atom stereocenters. The number of ketones is 1. The molecule has 0 radical (unpaired) electrons. The van der Waals surface area contributed by atoms with E-state index >= 15 is 0 Å². The highest BCUT2D eigenvalue weighted by atomic mass is 16.6. The molecular formula is C22H32N2O5. The Balaban J connectivity index is 1.95. The molecule has 160 valence electrons. The van der Waals surface area contributed by atoms with E-state index in [1.54, 1.807) is 45.0 Å². The Kier molecular flexibility index (Phi) is 8.34. The molecule has 1 heterocycles. The number of carbonyl (C=O) groups is 3. The normalized spacial score (nSPS) is 16.1. The van der Waals surface area contributed by atoms with Crippen LogP contribution in [0.1, 0.15) is 57.3 Å². The standard InChI is InChI=1S/C22H32N2O5/c1-5-18(24-11-13-28-14-12-24)21(27)16-7-6-8-17(15-16)23-19(25)9-10-20(26)29-22(2,3)4/h6-8,15,18H,5,9-14H2,1-4H3,(H,23,25). The maximum absolute atomic E-state index is 13.0. The maximum atomic E-state index is 13.0. The highest BCUT2D eigenvalue weighted by Gasteiger charge is 2.27. The molecule has 7 nitrogen and oxygen atoms in total. The molecule has 0 aromatic heterocycles. The van der Waals surface area contributed by atoms with Crippen LogP contribution < -0.4 is 5.32 Å². The summed E-state index contributed by atoms with van der Waals surface area (Å²) in [6.45, 7) is 10.1. The van der Waals surface area contributed by atoms with Crippen molar-refractivity contribution in [2.45, 2.75) is 58.6 Å². The van der Waals surface area contributed by atoms with Crippen molar-refractivity contribution in [2.75, 3.05) is 31.6 Å². The monoisotopic (exact) mass is 404 g/mol. The fourth-order valence-electron chi connectivity index (χ4n) is 3.27. The number of esters is 1. The van der Waals surface area contributed by atoms with Crippen LogP contribution in [0.15, 0.2) is 24.3 Å². The molecule has 1 amide bonds. The zero-order chi connectivity index (χ0) is 21.4. The molecule has 0 spiro atoms. The van der Waals surface area contributed by atoms with Crippen LogP contribution in [0.4, 0.5) is 5.69 Å². The highest BCUT2D eigenvalue weighted by molar-refractivity contribution is 6.01. The summed E-state index contributed by atoms with van der Waals surface area (Å²) in [6, 6.07) is 6.75. The summed E-state index contributed by atoms with van der Waals surface area (Å²) in [5.41, 5.74) is 0.536. The number of nitrogens with one attached hydrogen (secondary N) is 1. The van der Waals surface area contributed by atoms with E-state index in [1.165, 1.54) is 0 Å². The molecule has 0 bridgehead atoms. The van der Waals surface area contributed by atoms with Gasteiger partial charge in [-0.15, -0.1) is 0 Å². The predicted molar refractivity (Wildman–Crippen MR) is 111 cm³/mol. The summed E-state index contributed by atoms with van der Waals surface area (Å²) in [6.07, 6.45) is 0.750. The topological polar surface area (TPSA) is 84.9 Å². The summed E-state index contributed by atoms with van der Waals surface area (Å²) in [5.74, 6) is -0.659. The number of anilines is 1. The first-order valence-corrected chi connectivity index (χ1v) is 10.2. The SMILES string of the molecule is CCC(C(=O)c1cccc(NC(=O)CCC(=O)OC(C)(C)C)c1)N1CCOCC1. The minimum Gasteiger partial charge on any atom is -0.460 e. The van der Waals surface area contributed by atoms with Crippen LogP contribution >= 0.6 is 0 Å². The Morgan fingerprint density at radius 1 is 1.17 bits per heavy atom. The first kappa shape index (κ1) is 23.0. The van der Waals surface area contributed by atoms with Crippen molar-refractivity contribution in [3.63, 3.8) is 0 Å². The highest BCUT2D eigenvalue weighted by Crippen LogP contribution is 2.18. The number of amides is 1. The number of nitrogens with zero attached hydrogens (tertiary/aromatic N) is 1. The fourth-order valence-corrected chi connectivity index (χ4v) is 3.27. The van der Waals surface area contributed by atoms with Crippen molar-refractivity contribution in [3.05, 3.63) is 29.8 Å². The Morgan fingerprint density at radius 3 is 2.48 bits per heavy atom. The molecule has 29 heavy (non-hydrogen) atoms. The van der Waals surface area contributed by atoms with E-state index in [2.05, 4.69) is 10.2 Å². The van der Waals surface area contributed by atoms with E-state index in [0.29, 0.717) is 30.9 Å². The fraction of sp³-hybridized carbons (Fsp3) is 0.591. The second-order valence-electron chi connectivity index (χ2n) is 8.15. The summed E-state index contributed by atoms with van der Waals surface area (Å²) >= 11 is 0. The Morgan fingerprint density at radius 2 is 1.86 bits per heavy atom. The minimum atomic E-state index is -0.571. The van der Waals surface area contributed by atoms with Crippen LogP contribution in [0.5, 0.6) is 0 Å². The molecule has 1 aromatic rings. The van der Waals surface area contributed by atoms with Crippen LogP contribution in [0, 0.1) is 0 Å². The van der Waals surface area contributed by atoms with Gasteiger partial charge in [0, 0.05) is 30.8 Å². The third kappa shape index (κ3) is 7.59. The molecule has 0 saturated carbocycles. The Bertz CT molecular complexity index is 720. The van der Waals surface area contributed by atoms with E-state index in [1.807, 2.05) is 6.92 Å². The molecule has 7 heteroatoms. The number of Topliss-reactive ketones (excluding diaryl/α,β-unsaturated/α-hetero) is 1. The van der Waals surface area contributed by atoms with Crippen molar-refractivity contribution in [3.8, 4) is 0 Å². The van der Waals surface area contributed by atoms with E-state index in [0.717, 1.165) is 13.1 Å². The molecular weight excluding hydrogens is 372 g/mol. The average molecular weight is 405 g/mol. The number of rotatable bonds is 8. The van der Waals surface area contributed by atoms with Gasteiger partial charge in [0.25, 0.3) is 0 Å². The van der Waals surface area contributed by atoms with E-state index in [4.69, 9.17) is 9.47 Å². The summed E-state index contributed by atoms with van der Waals surface area (Å²) in [4.78, 5) is 39.1. The molecule has 1 N–H and O–H groups in total. The largest absolute Gasteiger partial charge is 0.460 e. The van der Waals surface area contributed by atoms with Crippen molar-refractivity contribution >= 4 is 23.3 Å². The maximum Gasteiger partial charge on any atom is 0.306 e. The van der Waals surface area contributed by atoms with Crippen molar-refractivity contribution in [1.29, 1.82) is 0 Å². The molecule has 0 aliphatic carbocycles. The number of morpholine rings is 1. The van der Waals surface area contributed by atoms with Gasteiger partial charge in [-0.1, -0.05) is 19.1 Å². The van der Waals surface area contributed by atoms with E-state index < -0.39 is 11.6 Å². The molecule has 1 atom stereocenters. The van der Waals surface area contributed by atoms with Gasteiger partial charge >= 0.3 is 5.97 Å². The van der Waals surface area contributed by atoms with Gasteiger partial charge in [-0.2, -0.15) is 0 Å². The number of ether oxygens (including phenoxy) is 2. The Hall–Kier alpha value is -2.25. The van der Waals surface area contributed by atoms with Crippen molar-refractivity contribution < 1.29 is 23.9 Å². The van der Waals surface area contributed by atoms with Crippen LogP contribution in [0.25, 0.3) is 0 Å². The van der Waals surface area contributed by atoms with Crippen LogP contribution in [-0.4, -0.2) is 60.5 Å². The molecule has 1 aromatic carbocycles. The smallest absolute Gasteiger partial charge is 0.306 e. The molecule has 2 rings (SSSR count). The lowest BCUT2D eigenvalue weighted by atomic mass is 10.00. The second kappa shape index (κ2) is 10.5. The molecule has 1 saturated heterocycles. The minimum absolute atomic E-state index is 0.0106. The van der Waals surface area contributed by atoms with Gasteiger partial charge in [0.15, 0.2) is 5.78 Å². The number of carbonyl (C=O) groups excluding carboxylic acids is 3. The van der Waals surface area contributed by atoms with Gasteiger partial charge in [-0.05, 0) is 39.3 Å². The first-order chi connectivity index (χ1) is 13.7. The van der Waals surface area contributed by atoms with Gasteiger partial charge in [-0.25, -0.2) is 0 Å². The number of benzene rings is 1. The Labute approximate surface area is 172 Å². The van der Waals surface area contributed by atoms with E-state index in [-0.39, 0.29) is 30.6 Å². The lowest BCUT2D eigenvalue weighted by Crippen LogP contribution is -2.47. The van der Waals surface area contributed by atoms with Crippen molar-refractivity contribution in [2.24, 2.45) is 0 Å². The van der Waals surface area contributed by atoms with Gasteiger partial charge in [0.05, 0.1) is 25.7 Å². The van der Waals surface area contributed by atoms with Crippen LogP contribution in [0.3, 0.4) is 0 Å². The second-order valence-corrected chi connectivity index (χ2v) is 8.15. The summed E-state index contributed by atoms with van der Waals surface area (Å²) in [5, 5.41) is 2.76. The lowest BCUT2D eigenvalue weighted by molar-refractivity contribution is -0.155. The molecule has 1 aliphatic heterocycles. The third-order valence-corrected chi connectivity index (χ3v) is 4.58. The van der Waals surface area contributed by atoms with Gasteiger partial charge < -0.3 is 14.8 Å². The van der Waals surface area contributed by atoms with Gasteiger partial charge in [0.1, 0.15) is 5.60 Å². The van der Waals surface area contributed by atoms with E-state index in [9.17, 15) is 14.4 Å². The number of hydrogen-bond acceptors (Lipinski definition) is 6. The van der Waals surface area contributed by atoms with Gasteiger partial charge in [0.2, 0.25) is 5.91 Å². The van der Waals surface area contributed by atoms with Crippen molar-refractivity contribution in [1.82, 2.24) is 4.90 Å². The number of hydrogen-bond donors (Lipinski definition) is 1. The zero-order valence-corrected chi connectivity index (χ0v) is 17.8. The van der Waals surface area contributed by atoms with Crippen LogP contribution in [-0.2, 0) is 19.1 Å². The lowest BCUT2D eigenvalue weighted by Gasteiger charge is -2.33. The van der Waals surface area contributed by atoms with Gasteiger partial charge in [-0.3, -0.25) is 19.3 Å². The molecule has 1 fully saturated rings. The summed E-state index contributed by atoms with van der Waals surface area (Å²) < 4.78 is 10.6. The molecule has 1 aliphatic rings. The average Bonchev–Trinajstić information content (AvgIpc) is 2.67. The third-order valence-electron chi connectivity index (χ3n) is 4.58. The van der Waals surface area contributed by atoms with Crippen LogP contribution in [0.2, 0.25) is 0 Å². The zero-order valence-electron chi connectivity index (χ0n) is 17.8. The first-order valence-electron chi connectivity index (χ1n) is 10.2.